The molecular formula is C18H22N2O. The lowest BCUT2D eigenvalue weighted by atomic mass is 10.0. The molecule has 3 nitrogen and oxygen atoms in total. The highest BCUT2D eigenvalue weighted by molar-refractivity contribution is 5.94. The molecule has 0 aliphatic heterocycles. The minimum Gasteiger partial charge on any atom is -0.399 e. The van der Waals surface area contributed by atoms with Crippen molar-refractivity contribution in [2.24, 2.45) is 0 Å². The predicted molar refractivity (Wildman–Crippen MR) is 88.6 cm³/mol. The van der Waals surface area contributed by atoms with Gasteiger partial charge in [-0.1, -0.05) is 23.8 Å². The summed E-state index contributed by atoms with van der Waals surface area (Å²) in [6, 6.07) is 9.93. The summed E-state index contributed by atoms with van der Waals surface area (Å²) in [5.74, 6) is -0.000304. The Hall–Kier alpha value is -2.29. The summed E-state index contributed by atoms with van der Waals surface area (Å²) in [7, 11) is 0. The monoisotopic (exact) mass is 282 g/mol. The zero-order chi connectivity index (χ0) is 15.6. The molecule has 0 aliphatic carbocycles. The maximum absolute atomic E-state index is 12.3. The molecule has 0 fully saturated rings. The van der Waals surface area contributed by atoms with Gasteiger partial charge in [0.15, 0.2) is 0 Å². The molecule has 2 aromatic carbocycles. The number of carbonyl (C=O) groups excluding carboxylic acids is 1. The number of aryl methyl sites for hydroxylation is 4. The summed E-state index contributed by atoms with van der Waals surface area (Å²) in [5, 5.41) is 3.01. The number of anilines is 2. The second-order valence-corrected chi connectivity index (χ2v) is 5.68. The lowest BCUT2D eigenvalue weighted by Crippen LogP contribution is -2.17. The van der Waals surface area contributed by atoms with Gasteiger partial charge < -0.3 is 11.1 Å². The Balaban J connectivity index is 2.17. The van der Waals surface area contributed by atoms with Gasteiger partial charge >= 0.3 is 0 Å². The first kappa shape index (κ1) is 15.1. The average molecular weight is 282 g/mol. The van der Waals surface area contributed by atoms with E-state index in [0.29, 0.717) is 6.42 Å². The van der Waals surface area contributed by atoms with Gasteiger partial charge in [0.25, 0.3) is 0 Å². The van der Waals surface area contributed by atoms with E-state index in [2.05, 4.69) is 23.5 Å². The van der Waals surface area contributed by atoms with Crippen LogP contribution in [0.3, 0.4) is 0 Å². The first-order valence-corrected chi connectivity index (χ1v) is 7.09. The Bertz CT molecular complexity index is 667. The molecule has 0 aromatic heterocycles. The minimum atomic E-state index is -0.000304. The Morgan fingerprint density at radius 1 is 1.00 bits per heavy atom. The van der Waals surface area contributed by atoms with Crippen LogP contribution in [0.5, 0.6) is 0 Å². The molecule has 21 heavy (non-hydrogen) atoms. The molecule has 0 bridgehead atoms. The summed E-state index contributed by atoms with van der Waals surface area (Å²) in [6.07, 6.45) is 0.386. The third kappa shape index (κ3) is 3.63. The Labute approximate surface area is 126 Å². The van der Waals surface area contributed by atoms with E-state index in [9.17, 15) is 4.79 Å². The largest absolute Gasteiger partial charge is 0.399 e. The molecule has 0 saturated heterocycles. The summed E-state index contributed by atoms with van der Waals surface area (Å²) < 4.78 is 0. The number of carbonyl (C=O) groups is 1. The average Bonchev–Trinajstić information content (AvgIpc) is 2.38. The minimum absolute atomic E-state index is 0.000304. The molecule has 0 spiro atoms. The van der Waals surface area contributed by atoms with Gasteiger partial charge in [0.1, 0.15) is 0 Å². The summed E-state index contributed by atoms with van der Waals surface area (Å²) in [5.41, 5.74) is 12.7. The van der Waals surface area contributed by atoms with Crippen LogP contribution in [0.2, 0.25) is 0 Å². The molecule has 0 atom stereocenters. The zero-order valence-corrected chi connectivity index (χ0v) is 13.1. The van der Waals surface area contributed by atoms with Crippen LogP contribution < -0.4 is 11.1 Å². The standard InChI is InChI=1S/C18H22N2O/c1-11-5-6-12(2)15(7-11)10-17(21)20-18-13(3)8-16(19)9-14(18)4/h5-9H,10,19H2,1-4H3,(H,20,21). The number of rotatable bonds is 3. The van der Waals surface area contributed by atoms with Gasteiger partial charge in [0, 0.05) is 11.4 Å². The van der Waals surface area contributed by atoms with Crippen LogP contribution in [0.25, 0.3) is 0 Å². The summed E-state index contributed by atoms with van der Waals surface area (Å²) in [6.45, 7) is 7.98. The Morgan fingerprint density at radius 3 is 2.24 bits per heavy atom. The number of nitrogen functional groups attached to an aromatic ring is 1. The van der Waals surface area contributed by atoms with Crippen LogP contribution in [0.15, 0.2) is 30.3 Å². The van der Waals surface area contributed by atoms with Gasteiger partial charge in [-0.3, -0.25) is 4.79 Å². The van der Waals surface area contributed by atoms with Crippen LogP contribution >= 0.6 is 0 Å². The highest BCUT2D eigenvalue weighted by Crippen LogP contribution is 2.23. The second kappa shape index (κ2) is 6.00. The van der Waals surface area contributed by atoms with E-state index in [4.69, 9.17) is 5.73 Å². The second-order valence-electron chi connectivity index (χ2n) is 5.68. The van der Waals surface area contributed by atoms with Crippen LogP contribution in [0, 0.1) is 27.7 Å². The number of benzene rings is 2. The smallest absolute Gasteiger partial charge is 0.228 e. The predicted octanol–water partition coefficient (Wildman–Crippen LogP) is 3.68. The maximum Gasteiger partial charge on any atom is 0.228 e. The normalized spacial score (nSPS) is 10.5. The molecule has 0 radical (unpaired) electrons. The number of nitrogens with one attached hydrogen (secondary N) is 1. The summed E-state index contributed by atoms with van der Waals surface area (Å²) >= 11 is 0. The van der Waals surface area contributed by atoms with Crippen LogP contribution in [0.4, 0.5) is 11.4 Å². The third-order valence-electron chi connectivity index (χ3n) is 3.68. The molecule has 0 aliphatic rings. The number of amides is 1. The number of hydrogen-bond acceptors (Lipinski definition) is 2. The van der Waals surface area contributed by atoms with E-state index in [1.54, 1.807) is 0 Å². The zero-order valence-electron chi connectivity index (χ0n) is 13.1. The van der Waals surface area contributed by atoms with Crippen molar-refractivity contribution >= 4 is 17.3 Å². The lowest BCUT2D eigenvalue weighted by Gasteiger charge is -2.13. The van der Waals surface area contributed by atoms with Gasteiger partial charge in [-0.15, -0.1) is 0 Å². The van der Waals surface area contributed by atoms with Crippen molar-refractivity contribution in [2.45, 2.75) is 34.1 Å². The molecule has 2 aromatic rings. The summed E-state index contributed by atoms with van der Waals surface area (Å²) in [4.78, 5) is 12.3. The van der Waals surface area contributed by atoms with Gasteiger partial charge in [0.2, 0.25) is 5.91 Å². The van der Waals surface area contributed by atoms with E-state index < -0.39 is 0 Å². The fourth-order valence-electron chi connectivity index (χ4n) is 2.54. The number of hydrogen-bond donors (Lipinski definition) is 2. The molecule has 1 amide bonds. The van der Waals surface area contributed by atoms with Crippen LogP contribution in [-0.2, 0) is 11.2 Å². The molecule has 110 valence electrons. The molecule has 3 heteroatoms. The molecule has 0 unspecified atom stereocenters. The fourth-order valence-corrected chi connectivity index (χ4v) is 2.54. The van der Waals surface area contributed by atoms with Gasteiger partial charge in [-0.05, 0) is 62.1 Å². The van der Waals surface area contributed by atoms with Crippen LogP contribution in [-0.4, -0.2) is 5.91 Å². The fraction of sp³-hybridized carbons (Fsp3) is 0.278. The molecule has 0 saturated carbocycles. The van der Waals surface area contributed by atoms with Crippen molar-refractivity contribution in [3.05, 3.63) is 58.1 Å². The van der Waals surface area contributed by atoms with E-state index in [0.717, 1.165) is 33.6 Å². The Morgan fingerprint density at radius 2 is 1.62 bits per heavy atom. The van der Waals surface area contributed by atoms with E-state index >= 15 is 0 Å². The molecule has 3 N–H and O–H groups in total. The van der Waals surface area contributed by atoms with E-state index in [-0.39, 0.29) is 5.91 Å². The third-order valence-corrected chi connectivity index (χ3v) is 3.68. The van der Waals surface area contributed by atoms with Crippen molar-refractivity contribution in [1.82, 2.24) is 0 Å². The molecule has 0 heterocycles. The topological polar surface area (TPSA) is 55.1 Å². The van der Waals surface area contributed by atoms with E-state index in [1.165, 1.54) is 5.56 Å². The van der Waals surface area contributed by atoms with Crippen molar-refractivity contribution < 1.29 is 4.79 Å². The molecular weight excluding hydrogens is 260 g/mol. The first-order valence-electron chi connectivity index (χ1n) is 7.09. The first-order chi connectivity index (χ1) is 9.86. The SMILES string of the molecule is Cc1ccc(C)c(CC(=O)Nc2c(C)cc(N)cc2C)c1. The van der Waals surface area contributed by atoms with Gasteiger partial charge in [-0.2, -0.15) is 0 Å². The maximum atomic E-state index is 12.3. The van der Waals surface area contributed by atoms with Gasteiger partial charge in [-0.25, -0.2) is 0 Å². The van der Waals surface area contributed by atoms with Crippen molar-refractivity contribution in [3.63, 3.8) is 0 Å². The highest BCUT2D eigenvalue weighted by Gasteiger charge is 2.10. The van der Waals surface area contributed by atoms with E-state index in [1.807, 2.05) is 39.8 Å². The van der Waals surface area contributed by atoms with Crippen molar-refractivity contribution in [3.8, 4) is 0 Å². The van der Waals surface area contributed by atoms with Crippen LogP contribution in [0.1, 0.15) is 27.8 Å². The Kier molecular flexibility index (Phi) is 4.32. The van der Waals surface area contributed by atoms with Crippen molar-refractivity contribution in [2.75, 3.05) is 11.1 Å². The van der Waals surface area contributed by atoms with Crippen molar-refractivity contribution in [1.29, 1.82) is 0 Å². The quantitative estimate of drug-likeness (QED) is 0.844. The highest BCUT2D eigenvalue weighted by atomic mass is 16.1. The lowest BCUT2D eigenvalue weighted by molar-refractivity contribution is -0.115. The number of nitrogens with two attached hydrogens (primary N) is 1. The molecule has 2 rings (SSSR count). The van der Waals surface area contributed by atoms with Gasteiger partial charge in [0.05, 0.1) is 6.42 Å².